The van der Waals surface area contributed by atoms with E-state index in [4.69, 9.17) is 6.42 Å². The van der Waals surface area contributed by atoms with Gasteiger partial charge in [0.2, 0.25) is 0 Å². The predicted octanol–water partition coefficient (Wildman–Crippen LogP) is 1.54. The number of hydrogen-bond acceptors (Lipinski definition) is 1. The second kappa shape index (κ2) is 2.70. The molecule has 0 fully saturated rings. The van der Waals surface area contributed by atoms with Crippen LogP contribution in [0.4, 0.5) is 0 Å². The third kappa shape index (κ3) is 1.11. The van der Waals surface area contributed by atoms with E-state index in [9.17, 15) is 4.79 Å². The highest BCUT2D eigenvalue weighted by Gasteiger charge is 2.22. The van der Waals surface area contributed by atoms with Crippen molar-refractivity contribution in [2.45, 2.75) is 19.8 Å². The van der Waals surface area contributed by atoms with Gasteiger partial charge in [0.15, 0.2) is 0 Å². The molecule has 0 saturated heterocycles. The smallest absolute Gasteiger partial charge is 0.144 e. The number of ketones is 1. The number of carbonyl (C=O) groups is 1. The third-order valence-corrected chi connectivity index (χ3v) is 1.89. The first-order valence-corrected chi connectivity index (χ1v) is 3.38. The number of hydrogen-bond donors (Lipinski definition) is 0. The standard InChI is InChI=1S/C9H10O/c1-3-4-8-7(2)5-6-9(8)10/h1,5,8H,4,6H2,2H3. The minimum Gasteiger partial charge on any atom is -0.299 e. The second-order valence-electron chi connectivity index (χ2n) is 2.58. The maximum absolute atomic E-state index is 11.0. The number of carbonyl (C=O) groups excluding carboxylic acids is 1. The van der Waals surface area contributed by atoms with Crippen LogP contribution >= 0.6 is 0 Å². The zero-order valence-electron chi connectivity index (χ0n) is 6.05. The number of allylic oxidation sites excluding steroid dienone is 2. The Bertz CT molecular complexity index is 217. The Morgan fingerprint density at radius 1 is 1.90 bits per heavy atom. The minimum atomic E-state index is 0.0324. The van der Waals surface area contributed by atoms with E-state index in [-0.39, 0.29) is 11.7 Å². The molecule has 1 unspecified atom stereocenters. The van der Waals surface area contributed by atoms with Gasteiger partial charge in [0, 0.05) is 18.8 Å². The lowest BCUT2D eigenvalue weighted by molar-refractivity contribution is -0.120. The largest absolute Gasteiger partial charge is 0.299 e. The van der Waals surface area contributed by atoms with Gasteiger partial charge in [-0.2, -0.15) is 0 Å². The van der Waals surface area contributed by atoms with Crippen molar-refractivity contribution in [3.8, 4) is 12.3 Å². The molecule has 0 radical (unpaired) electrons. The van der Waals surface area contributed by atoms with Gasteiger partial charge in [-0.25, -0.2) is 0 Å². The summed E-state index contributed by atoms with van der Waals surface area (Å²) in [5.74, 6) is 2.81. The molecule has 0 aromatic carbocycles. The molecule has 1 aliphatic carbocycles. The third-order valence-electron chi connectivity index (χ3n) is 1.89. The molecule has 10 heavy (non-hydrogen) atoms. The number of terminal acetylenes is 1. The van der Waals surface area contributed by atoms with E-state index >= 15 is 0 Å². The fourth-order valence-corrected chi connectivity index (χ4v) is 1.19. The first kappa shape index (κ1) is 7.08. The Morgan fingerprint density at radius 2 is 2.60 bits per heavy atom. The molecule has 0 heterocycles. The van der Waals surface area contributed by atoms with Crippen molar-refractivity contribution in [1.82, 2.24) is 0 Å². The lowest BCUT2D eigenvalue weighted by Crippen LogP contribution is -2.07. The van der Waals surface area contributed by atoms with Crippen molar-refractivity contribution in [2.24, 2.45) is 5.92 Å². The van der Waals surface area contributed by atoms with Gasteiger partial charge >= 0.3 is 0 Å². The Balaban J connectivity index is 2.67. The molecule has 1 heteroatoms. The molecule has 1 atom stereocenters. The molecule has 0 aromatic heterocycles. The average molecular weight is 134 g/mol. The van der Waals surface area contributed by atoms with Gasteiger partial charge in [-0.15, -0.1) is 12.3 Å². The van der Waals surface area contributed by atoms with E-state index in [1.165, 1.54) is 0 Å². The first-order chi connectivity index (χ1) is 4.75. The minimum absolute atomic E-state index is 0.0324. The molecule has 0 aromatic rings. The van der Waals surface area contributed by atoms with Crippen LogP contribution in [0, 0.1) is 18.3 Å². The molecule has 0 bridgehead atoms. The van der Waals surface area contributed by atoms with Crippen molar-refractivity contribution in [2.75, 3.05) is 0 Å². The van der Waals surface area contributed by atoms with Gasteiger partial charge < -0.3 is 0 Å². The highest BCUT2D eigenvalue weighted by Crippen LogP contribution is 2.24. The molecule has 52 valence electrons. The van der Waals surface area contributed by atoms with Crippen LogP contribution in [0.15, 0.2) is 11.6 Å². The lowest BCUT2D eigenvalue weighted by atomic mass is 9.99. The first-order valence-electron chi connectivity index (χ1n) is 3.38. The summed E-state index contributed by atoms with van der Waals surface area (Å²) in [5, 5.41) is 0. The van der Waals surface area contributed by atoms with Crippen LogP contribution in [0.25, 0.3) is 0 Å². The summed E-state index contributed by atoms with van der Waals surface area (Å²) >= 11 is 0. The normalized spacial score (nSPS) is 24.2. The monoisotopic (exact) mass is 134 g/mol. The summed E-state index contributed by atoms with van der Waals surface area (Å²) in [5.41, 5.74) is 1.14. The molecule has 0 aliphatic heterocycles. The van der Waals surface area contributed by atoms with Gasteiger partial charge in [-0.1, -0.05) is 11.6 Å². The zero-order chi connectivity index (χ0) is 7.56. The van der Waals surface area contributed by atoms with Crippen molar-refractivity contribution in [3.63, 3.8) is 0 Å². The van der Waals surface area contributed by atoms with Crippen LogP contribution in [0.2, 0.25) is 0 Å². The molecule has 0 N–H and O–H groups in total. The van der Waals surface area contributed by atoms with Gasteiger partial charge in [0.25, 0.3) is 0 Å². The average Bonchev–Trinajstić information content (AvgIpc) is 2.20. The summed E-state index contributed by atoms with van der Waals surface area (Å²) in [4.78, 5) is 11.0. The van der Waals surface area contributed by atoms with Crippen molar-refractivity contribution in [1.29, 1.82) is 0 Å². The van der Waals surface area contributed by atoms with Crippen LogP contribution in [-0.2, 0) is 4.79 Å². The van der Waals surface area contributed by atoms with E-state index in [1.807, 2.05) is 13.0 Å². The van der Waals surface area contributed by atoms with Gasteiger partial charge in [0.1, 0.15) is 5.78 Å². The van der Waals surface area contributed by atoms with E-state index in [1.54, 1.807) is 0 Å². The molecule has 0 spiro atoms. The van der Waals surface area contributed by atoms with Crippen LogP contribution in [0.1, 0.15) is 19.8 Å². The second-order valence-corrected chi connectivity index (χ2v) is 2.58. The Kier molecular flexibility index (Phi) is 1.91. The topological polar surface area (TPSA) is 17.1 Å². The zero-order valence-corrected chi connectivity index (χ0v) is 6.05. The van der Waals surface area contributed by atoms with Crippen molar-refractivity contribution < 1.29 is 4.79 Å². The molecule has 0 saturated carbocycles. The fraction of sp³-hybridized carbons (Fsp3) is 0.444. The summed E-state index contributed by atoms with van der Waals surface area (Å²) in [7, 11) is 0. The maximum Gasteiger partial charge on any atom is 0.144 e. The molecule has 1 rings (SSSR count). The van der Waals surface area contributed by atoms with E-state index in [0.717, 1.165) is 5.57 Å². The van der Waals surface area contributed by atoms with Gasteiger partial charge in [-0.05, 0) is 6.92 Å². The Labute approximate surface area is 61.1 Å². The number of rotatable bonds is 1. The van der Waals surface area contributed by atoms with Crippen LogP contribution < -0.4 is 0 Å². The lowest BCUT2D eigenvalue weighted by Gasteiger charge is -2.03. The molecule has 0 amide bonds. The Hall–Kier alpha value is -1.03. The predicted molar refractivity (Wildman–Crippen MR) is 40.3 cm³/mol. The SMILES string of the molecule is C#CCC1C(=O)CC=C1C. The molecule has 1 nitrogen and oxygen atoms in total. The van der Waals surface area contributed by atoms with E-state index in [2.05, 4.69) is 5.92 Å². The Morgan fingerprint density at radius 3 is 3.00 bits per heavy atom. The van der Waals surface area contributed by atoms with E-state index in [0.29, 0.717) is 12.8 Å². The summed E-state index contributed by atoms with van der Waals surface area (Å²) in [6.45, 7) is 1.97. The van der Waals surface area contributed by atoms with Crippen LogP contribution in [0.5, 0.6) is 0 Å². The summed E-state index contributed by atoms with van der Waals surface area (Å²) in [6, 6.07) is 0. The summed E-state index contributed by atoms with van der Waals surface area (Å²) in [6.07, 6.45) is 8.22. The van der Waals surface area contributed by atoms with Crippen molar-refractivity contribution in [3.05, 3.63) is 11.6 Å². The van der Waals surface area contributed by atoms with Gasteiger partial charge in [0.05, 0.1) is 0 Å². The fourth-order valence-electron chi connectivity index (χ4n) is 1.19. The summed E-state index contributed by atoms with van der Waals surface area (Å²) < 4.78 is 0. The number of Topliss-reactive ketones (excluding diaryl/α,β-unsaturated/α-hetero) is 1. The maximum atomic E-state index is 11.0. The van der Waals surface area contributed by atoms with Gasteiger partial charge in [-0.3, -0.25) is 4.79 Å². The highest BCUT2D eigenvalue weighted by molar-refractivity contribution is 5.88. The quantitative estimate of drug-likeness (QED) is 0.393. The van der Waals surface area contributed by atoms with E-state index < -0.39 is 0 Å². The van der Waals surface area contributed by atoms with Crippen LogP contribution in [-0.4, -0.2) is 5.78 Å². The highest BCUT2D eigenvalue weighted by atomic mass is 16.1. The molecular weight excluding hydrogens is 124 g/mol. The van der Waals surface area contributed by atoms with Crippen molar-refractivity contribution >= 4 is 5.78 Å². The molecular formula is C9H10O. The molecule has 1 aliphatic rings. The van der Waals surface area contributed by atoms with Crippen LogP contribution in [0.3, 0.4) is 0 Å².